The molecular formula is C15H22N2O. The number of rotatable bonds is 3. The lowest BCUT2D eigenvalue weighted by atomic mass is 9.91. The topological polar surface area (TPSA) is 41.5 Å². The quantitative estimate of drug-likeness (QED) is 0.658. The molecule has 1 saturated heterocycles. The van der Waals surface area contributed by atoms with Gasteiger partial charge in [0.25, 0.3) is 0 Å². The number of carbonyl (C=O) groups excluding carboxylic acids is 1. The minimum atomic E-state index is 0.545. The number of aliphatic imine (C=N–C) groups is 1. The van der Waals surface area contributed by atoms with Crippen molar-refractivity contribution >= 4 is 6.08 Å². The third-order valence-corrected chi connectivity index (χ3v) is 3.05. The molecule has 1 aliphatic heterocycles. The number of isocyanates is 1. The first kappa shape index (κ1) is 14.6. The molecule has 18 heavy (non-hydrogen) atoms. The minimum Gasteiger partial charge on any atom is -0.317 e. The highest BCUT2D eigenvalue weighted by atomic mass is 16.1. The van der Waals surface area contributed by atoms with Crippen LogP contribution >= 0.6 is 0 Å². The average Bonchev–Trinajstić information content (AvgIpc) is 2.43. The average molecular weight is 246 g/mol. The van der Waals surface area contributed by atoms with Crippen molar-refractivity contribution in [2.75, 3.05) is 19.6 Å². The summed E-state index contributed by atoms with van der Waals surface area (Å²) in [6.45, 7) is 4.74. The van der Waals surface area contributed by atoms with Gasteiger partial charge in [0.2, 0.25) is 6.08 Å². The van der Waals surface area contributed by atoms with Crippen LogP contribution in [0, 0.1) is 5.92 Å². The van der Waals surface area contributed by atoms with E-state index in [9.17, 15) is 0 Å². The van der Waals surface area contributed by atoms with E-state index in [2.05, 4.69) is 40.6 Å². The maximum Gasteiger partial charge on any atom is 0.234 e. The van der Waals surface area contributed by atoms with Crippen molar-refractivity contribution in [1.29, 1.82) is 0 Å². The van der Waals surface area contributed by atoms with Crippen LogP contribution in [-0.4, -0.2) is 25.7 Å². The molecule has 0 bridgehead atoms. The van der Waals surface area contributed by atoms with Crippen molar-refractivity contribution in [2.45, 2.75) is 26.2 Å². The Morgan fingerprint density at radius 1 is 1.28 bits per heavy atom. The molecular weight excluding hydrogens is 224 g/mol. The summed E-state index contributed by atoms with van der Waals surface area (Å²) in [7, 11) is 0. The van der Waals surface area contributed by atoms with Gasteiger partial charge in [0.05, 0.1) is 0 Å². The molecule has 0 radical (unpaired) electrons. The Balaban J connectivity index is 0.000000280. The Labute approximate surface area is 109 Å². The summed E-state index contributed by atoms with van der Waals surface area (Å²) in [5.74, 6) is 0.906. The summed E-state index contributed by atoms with van der Waals surface area (Å²) in [4.78, 5) is 12.3. The number of nitrogens with zero attached hydrogens (tertiary/aromatic N) is 1. The second-order valence-corrected chi connectivity index (χ2v) is 4.45. The highest BCUT2D eigenvalue weighted by Gasteiger charge is 2.12. The Bertz CT molecular complexity index is 352. The Hall–Kier alpha value is -1.44. The maximum absolute atomic E-state index is 9.11. The van der Waals surface area contributed by atoms with Crippen LogP contribution in [0.15, 0.2) is 35.3 Å². The molecule has 1 aliphatic rings. The molecule has 3 nitrogen and oxygen atoms in total. The van der Waals surface area contributed by atoms with E-state index in [1.807, 2.05) is 0 Å². The van der Waals surface area contributed by atoms with Gasteiger partial charge in [-0.1, -0.05) is 30.3 Å². The van der Waals surface area contributed by atoms with Crippen LogP contribution < -0.4 is 5.32 Å². The maximum atomic E-state index is 9.11. The fourth-order valence-electron chi connectivity index (χ4n) is 2.10. The zero-order chi connectivity index (χ0) is 13.1. The molecule has 1 fully saturated rings. The van der Waals surface area contributed by atoms with E-state index in [0.717, 1.165) is 5.92 Å². The monoisotopic (exact) mass is 246 g/mol. The molecule has 1 heterocycles. The van der Waals surface area contributed by atoms with Crippen molar-refractivity contribution in [2.24, 2.45) is 10.9 Å². The van der Waals surface area contributed by atoms with Gasteiger partial charge in [-0.15, -0.1) is 0 Å². The molecule has 1 aromatic rings. The molecule has 0 spiro atoms. The third-order valence-electron chi connectivity index (χ3n) is 3.05. The normalized spacial score (nSPS) is 15.2. The van der Waals surface area contributed by atoms with Crippen LogP contribution in [-0.2, 0) is 11.2 Å². The van der Waals surface area contributed by atoms with Crippen LogP contribution in [0.25, 0.3) is 0 Å². The summed E-state index contributed by atoms with van der Waals surface area (Å²) >= 11 is 0. The number of hydrogen-bond donors (Lipinski definition) is 1. The number of benzene rings is 1. The Morgan fingerprint density at radius 2 is 1.94 bits per heavy atom. The van der Waals surface area contributed by atoms with Gasteiger partial charge in [-0.25, -0.2) is 9.79 Å². The van der Waals surface area contributed by atoms with Crippen LogP contribution in [0.2, 0.25) is 0 Å². The predicted molar refractivity (Wildman–Crippen MR) is 74.4 cm³/mol. The van der Waals surface area contributed by atoms with E-state index >= 15 is 0 Å². The van der Waals surface area contributed by atoms with Gasteiger partial charge in [-0.3, -0.25) is 0 Å². The zero-order valence-electron chi connectivity index (χ0n) is 11.1. The Kier molecular flexibility index (Phi) is 7.78. The van der Waals surface area contributed by atoms with E-state index in [-0.39, 0.29) is 0 Å². The lowest BCUT2D eigenvalue weighted by molar-refractivity contribution is 0.372. The van der Waals surface area contributed by atoms with Gasteiger partial charge in [0.1, 0.15) is 0 Å². The zero-order valence-corrected chi connectivity index (χ0v) is 11.1. The van der Waals surface area contributed by atoms with Crippen LogP contribution in [0.3, 0.4) is 0 Å². The highest BCUT2D eigenvalue weighted by molar-refractivity contribution is 5.32. The first-order valence-electron chi connectivity index (χ1n) is 6.65. The van der Waals surface area contributed by atoms with E-state index in [1.165, 1.54) is 44.0 Å². The van der Waals surface area contributed by atoms with E-state index in [4.69, 9.17) is 4.79 Å². The molecule has 0 aliphatic carbocycles. The van der Waals surface area contributed by atoms with E-state index in [1.54, 1.807) is 6.92 Å². The van der Waals surface area contributed by atoms with Crippen LogP contribution in [0.5, 0.6) is 0 Å². The SMILES string of the molecule is CCN=C=O.c1ccc(CC2CCNCC2)cc1. The second kappa shape index (κ2) is 9.58. The standard InChI is InChI=1S/C12H17N.C3H5NO/c1-2-4-11(5-3-1)10-12-6-8-13-9-7-12;1-2-4-3-5/h1-5,12-13H,6-10H2;2H2,1H3. The highest BCUT2D eigenvalue weighted by Crippen LogP contribution is 2.17. The summed E-state index contributed by atoms with van der Waals surface area (Å²) in [6, 6.07) is 10.8. The van der Waals surface area contributed by atoms with Crippen LogP contribution in [0.1, 0.15) is 25.3 Å². The second-order valence-electron chi connectivity index (χ2n) is 4.45. The van der Waals surface area contributed by atoms with Crippen molar-refractivity contribution < 1.29 is 4.79 Å². The van der Waals surface area contributed by atoms with Crippen molar-refractivity contribution in [3.63, 3.8) is 0 Å². The van der Waals surface area contributed by atoms with Crippen molar-refractivity contribution in [3.8, 4) is 0 Å². The summed E-state index contributed by atoms with van der Waals surface area (Å²) in [5, 5.41) is 3.40. The molecule has 0 amide bonds. The lowest BCUT2D eigenvalue weighted by Gasteiger charge is -2.22. The predicted octanol–water partition coefficient (Wildman–Crippen LogP) is 2.57. The van der Waals surface area contributed by atoms with Gasteiger partial charge >= 0.3 is 0 Å². The lowest BCUT2D eigenvalue weighted by Crippen LogP contribution is -2.28. The minimum absolute atomic E-state index is 0.545. The molecule has 1 aromatic carbocycles. The van der Waals surface area contributed by atoms with Crippen molar-refractivity contribution in [1.82, 2.24) is 5.32 Å². The molecule has 0 atom stereocenters. The van der Waals surface area contributed by atoms with Gasteiger partial charge in [0.15, 0.2) is 0 Å². The molecule has 0 aromatic heterocycles. The van der Waals surface area contributed by atoms with Gasteiger partial charge in [0, 0.05) is 6.54 Å². The largest absolute Gasteiger partial charge is 0.317 e. The molecule has 3 heteroatoms. The van der Waals surface area contributed by atoms with Crippen LogP contribution in [0.4, 0.5) is 0 Å². The van der Waals surface area contributed by atoms with Gasteiger partial charge < -0.3 is 5.32 Å². The molecule has 0 unspecified atom stereocenters. The Morgan fingerprint density at radius 3 is 2.44 bits per heavy atom. The van der Waals surface area contributed by atoms with E-state index in [0.29, 0.717) is 6.54 Å². The van der Waals surface area contributed by atoms with Gasteiger partial charge in [-0.2, -0.15) is 0 Å². The summed E-state index contributed by atoms with van der Waals surface area (Å²) < 4.78 is 0. The first-order valence-corrected chi connectivity index (χ1v) is 6.65. The number of piperidine rings is 1. The summed E-state index contributed by atoms with van der Waals surface area (Å²) in [5.41, 5.74) is 1.49. The van der Waals surface area contributed by atoms with Crippen molar-refractivity contribution in [3.05, 3.63) is 35.9 Å². The smallest absolute Gasteiger partial charge is 0.234 e. The van der Waals surface area contributed by atoms with Gasteiger partial charge in [-0.05, 0) is 50.8 Å². The molecule has 1 N–H and O–H groups in total. The first-order chi connectivity index (χ1) is 8.86. The molecule has 0 saturated carbocycles. The fourth-order valence-corrected chi connectivity index (χ4v) is 2.10. The number of nitrogens with one attached hydrogen (secondary N) is 1. The third kappa shape index (κ3) is 6.33. The number of hydrogen-bond acceptors (Lipinski definition) is 3. The fraction of sp³-hybridized carbons (Fsp3) is 0.533. The molecule has 2 rings (SSSR count). The summed E-state index contributed by atoms with van der Waals surface area (Å²) in [6.07, 6.45) is 5.34. The molecule has 98 valence electrons. The van der Waals surface area contributed by atoms with E-state index < -0.39 is 0 Å².